The second-order valence-corrected chi connectivity index (χ2v) is 6.93. The monoisotopic (exact) mass is 482 g/mol. The molecule has 2 aromatic rings. The van der Waals surface area contributed by atoms with Crippen LogP contribution in [0.15, 0.2) is 36.4 Å². The lowest BCUT2D eigenvalue weighted by Crippen LogP contribution is -2.21. The molecule has 29 heavy (non-hydrogen) atoms. The average molecular weight is 484 g/mol. The Labute approximate surface area is 196 Å². The van der Waals surface area contributed by atoms with Crippen molar-refractivity contribution in [1.29, 1.82) is 0 Å². The highest BCUT2D eigenvalue weighted by atomic mass is 35.5. The third-order valence-corrected chi connectivity index (χ3v) is 4.61. The van der Waals surface area contributed by atoms with Gasteiger partial charge in [0.1, 0.15) is 6.61 Å². The third-order valence-electron chi connectivity index (χ3n) is 4.02. The molecular formula is C21H30Cl4N2O2. The highest BCUT2D eigenvalue weighted by Gasteiger charge is 2.12. The van der Waals surface area contributed by atoms with Gasteiger partial charge < -0.3 is 20.1 Å². The number of nitrogens with one attached hydrogen (secondary N) is 2. The zero-order valence-corrected chi connectivity index (χ0v) is 19.9. The fourth-order valence-corrected chi connectivity index (χ4v) is 3.12. The maximum Gasteiger partial charge on any atom is 0.166 e. The molecule has 2 N–H and O–H groups in total. The molecule has 0 atom stereocenters. The summed E-state index contributed by atoms with van der Waals surface area (Å²) in [5.74, 6) is 1.50. The van der Waals surface area contributed by atoms with Gasteiger partial charge >= 0.3 is 0 Å². The first-order valence-corrected chi connectivity index (χ1v) is 10.1. The largest absolute Gasteiger partial charge is 0.490 e. The summed E-state index contributed by atoms with van der Waals surface area (Å²) in [6.45, 7) is 8.69. The van der Waals surface area contributed by atoms with E-state index in [4.69, 9.17) is 32.7 Å². The number of halogens is 4. The SMILES string of the molecule is CCNCCCNCc1cccc(OCC)c1OCc1ccc(Cl)cc1Cl.Cl.Cl. The fraction of sp³-hybridized carbons (Fsp3) is 0.429. The number of benzene rings is 2. The summed E-state index contributed by atoms with van der Waals surface area (Å²) < 4.78 is 11.9. The number of ether oxygens (including phenoxy) is 2. The first kappa shape index (κ1) is 28.1. The van der Waals surface area contributed by atoms with Gasteiger partial charge in [0, 0.05) is 27.7 Å². The van der Waals surface area contributed by atoms with E-state index < -0.39 is 0 Å². The molecule has 0 fully saturated rings. The molecule has 2 aromatic carbocycles. The van der Waals surface area contributed by atoms with Gasteiger partial charge in [0.05, 0.1) is 6.61 Å². The summed E-state index contributed by atoms with van der Waals surface area (Å²) in [6, 6.07) is 11.4. The molecule has 0 aromatic heterocycles. The molecule has 8 heteroatoms. The molecule has 0 spiro atoms. The van der Waals surface area contributed by atoms with Crippen LogP contribution in [-0.4, -0.2) is 26.2 Å². The lowest BCUT2D eigenvalue weighted by molar-refractivity contribution is 0.266. The highest BCUT2D eigenvalue weighted by molar-refractivity contribution is 6.35. The van der Waals surface area contributed by atoms with E-state index in [9.17, 15) is 0 Å². The Morgan fingerprint density at radius 3 is 2.34 bits per heavy atom. The Morgan fingerprint density at radius 1 is 0.897 bits per heavy atom. The Bertz CT molecular complexity index is 717. The van der Waals surface area contributed by atoms with Crippen molar-refractivity contribution < 1.29 is 9.47 Å². The molecule has 2 rings (SSSR count). The van der Waals surface area contributed by atoms with E-state index in [-0.39, 0.29) is 24.8 Å². The Hall–Kier alpha value is -0.880. The normalized spacial score (nSPS) is 10.1. The molecule has 0 aliphatic carbocycles. The van der Waals surface area contributed by atoms with E-state index >= 15 is 0 Å². The van der Waals surface area contributed by atoms with Crippen LogP contribution < -0.4 is 20.1 Å². The van der Waals surface area contributed by atoms with Crippen molar-refractivity contribution in [2.75, 3.05) is 26.2 Å². The second kappa shape index (κ2) is 15.9. The van der Waals surface area contributed by atoms with Crippen molar-refractivity contribution in [3.05, 3.63) is 57.6 Å². The molecule has 0 aliphatic heterocycles. The molecule has 0 amide bonds. The smallest absolute Gasteiger partial charge is 0.166 e. The van der Waals surface area contributed by atoms with Gasteiger partial charge in [0.25, 0.3) is 0 Å². The zero-order valence-electron chi connectivity index (χ0n) is 16.8. The van der Waals surface area contributed by atoms with Crippen LogP contribution in [0.4, 0.5) is 0 Å². The predicted octanol–water partition coefficient (Wildman–Crippen LogP) is 5.90. The number of hydrogen-bond acceptors (Lipinski definition) is 4. The lowest BCUT2D eigenvalue weighted by atomic mass is 10.1. The molecule has 0 saturated heterocycles. The molecule has 4 nitrogen and oxygen atoms in total. The molecule has 0 bridgehead atoms. The topological polar surface area (TPSA) is 42.5 Å². The standard InChI is InChI=1S/C21H28Cl2N2O2.2ClH/c1-3-24-11-6-12-25-14-16-7-5-8-20(26-4-2)21(16)27-15-17-9-10-18(22)13-19(17)23;;/h5,7-10,13,24-25H,3-4,6,11-12,14-15H2,1-2H3;2*1H. The molecule has 164 valence electrons. The fourth-order valence-electron chi connectivity index (χ4n) is 2.66. The molecule has 0 radical (unpaired) electrons. The average Bonchev–Trinajstić information content (AvgIpc) is 2.65. The van der Waals surface area contributed by atoms with Gasteiger partial charge in [-0.1, -0.05) is 48.3 Å². The van der Waals surface area contributed by atoms with Crippen molar-refractivity contribution in [1.82, 2.24) is 10.6 Å². The van der Waals surface area contributed by atoms with Crippen molar-refractivity contribution in [2.24, 2.45) is 0 Å². The van der Waals surface area contributed by atoms with Gasteiger partial charge in [-0.3, -0.25) is 0 Å². The minimum absolute atomic E-state index is 0. The molecule has 0 unspecified atom stereocenters. The maximum absolute atomic E-state index is 6.27. The predicted molar refractivity (Wildman–Crippen MR) is 128 cm³/mol. The minimum atomic E-state index is 0. The van der Waals surface area contributed by atoms with Crippen molar-refractivity contribution in [2.45, 2.75) is 33.4 Å². The Balaban J connectivity index is 0.00000392. The van der Waals surface area contributed by atoms with E-state index in [1.165, 1.54) is 0 Å². The first-order valence-electron chi connectivity index (χ1n) is 9.38. The van der Waals surface area contributed by atoms with Crippen molar-refractivity contribution >= 4 is 48.0 Å². The van der Waals surface area contributed by atoms with Crippen LogP contribution in [0.2, 0.25) is 10.0 Å². The summed E-state index contributed by atoms with van der Waals surface area (Å²) >= 11 is 12.2. The van der Waals surface area contributed by atoms with Crippen LogP contribution in [-0.2, 0) is 13.2 Å². The van der Waals surface area contributed by atoms with Crippen molar-refractivity contribution in [3.8, 4) is 11.5 Å². The third kappa shape index (κ3) is 9.65. The van der Waals surface area contributed by atoms with Crippen LogP contribution in [0.1, 0.15) is 31.4 Å². The zero-order chi connectivity index (χ0) is 19.5. The number of rotatable bonds is 12. The summed E-state index contributed by atoms with van der Waals surface area (Å²) in [5.41, 5.74) is 1.95. The Morgan fingerprint density at radius 2 is 1.66 bits per heavy atom. The summed E-state index contributed by atoms with van der Waals surface area (Å²) in [6.07, 6.45) is 1.08. The molecule has 0 aliphatic rings. The minimum Gasteiger partial charge on any atom is -0.490 e. The van der Waals surface area contributed by atoms with Gasteiger partial charge in [-0.05, 0) is 51.2 Å². The van der Waals surface area contributed by atoms with Crippen LogP contribution in [0, 0.1) is 0 Å². The maximum atomic E-state index is 6.27. The lowest BCUT2D eigenvalue weighted by Gasteiger charge is -2.17. The molecular weight excluding hydrogens is 454 g/mol. The first-order chi connectivity index (χ1) is 13.2. The van der Waals surface area contributed by atoms with Gasteiger partial charge in [-0.2, -0.15) is 0 Å². The summed E-state index contributed by atoms with van der Waals surface area (Å²) in [4.78, 5) is 0. The number of hydrogen-bond donors (Lipinski definition) is 2. The van der Waals surface area contributed by atoms with Crippen LogP contribution >= 0.6 is 48.0 Å². The van der Waals surface area contributed by atoms with E-state index in [0.717, 1.165) is 55.2 Å². The van der Waals surface area contributed by atoms with E-state index in [1.807, 2.05) is 31.2 Å². The van der Waals surface area contributed by atoms with E-state index in [0.29, 0.717) is 23.3 Å². The quantitative estimate of drug-likeness (QED) is 0.368. The second-order valence-electron chi connectivity index (χ2n) is 6.09. The van der Waals surface area contributed by atoms with Gasteiger partial charge in [-0.15, -0.1) is 24.8 Å². The summed E-state index contributed by atoms with van der Waals surface area (Å²) in [7, 11) is 0. The van der Waals surface area contributed by atoms with Gasteiger partial charge in [0.2, 0.25) is 0 Å². The summed E-state index contributed by atoms with van der Waals surface area (Å²) in [5, 5.41) is 8.00. The van der Waals surface area contributed by atoms with E-state index in [1.54, 1.807) is 6.07 Å². The Kier molecular flexibility index (Phi) is 15.4. The highest BCUT2D eigenvalue weighted by Crippen LogP contribution is 2.33. The molecule has 0 saturated carbocycles. The van der Waals surface area contributed by atoms with Crippen LogP contribution in [0.3, 0.4) is 0 Å². The molecule has 0 heterocycles. The van der Waals surface area contributed by atoms with Crippen LogP contribution in [0.5, 0.6) is 11.5 Å². The van der Waals surface area contributed by atoms with Gasteiger partial charge in [0.15, 0.2) is 11.5 Å². The van der Waals surface area contributed by atoms with E-state index in [2.05, 4.69) is 23.6 Å². The van der Waals surface area contributed by atoms with Gasteiger partial charge in [-0.25, -0.2) is 0 Å². The van der Waals surface area contributed by atoms with Crippen molar-refractivity contribution in [3.63, 3.8) is 0 Å². The van der Waals surface area contributed by atoms with Crippen LogP contribution in [0.25, 0.3) is 0 Å². The number of para-hydroxylation sites is 1.